The van der Waals surface area contributed by atoms with Crippen molar-refractivity contribution in [3.63, 3.8) is 0 Å². The van der Waals surface area contributed by atoms with Gasteiger partial charge in [-0.15, -0.1) is 0 Å². The number of pyridine rings is 1. The predicted octanol–water partition coefficient (Wildman–Crippen LogP) is 4.07. The maximum atomic E-state index is 15.7. The smallest absolute Gasteiger partial charge is 0.341 e. The maximum absolute atomic E-state index is 15.7. The highest BCUT2D eigenvalue weighted by Gasteiger charge is 2.27. The van der Waals surface area contributed by atoms with Gasteiger partial charge in [-0.05, 0) is 45.6 Å². The van der Waals surface area contributed by atoms with Crippen LogP contribution in [0.4, 0.5) is 15.8 Å². The molecule has 0 unspecified atom stereocenters. The quantitative estimate of drug-likeness (QED) is 0.440. The van der Waals surface area contributed by atoms with Gasteiger partial charge < -0.3 is 25.5 Å². The standard InChI is InChI=1S/C22H30FN3O4/c1-12(2)30-10-6-9-25-19-13(3)18(24)16-20(17(19)23)26(14-7-4-5-8-14)11-15(21(16)27)22(28)29/h11-12,14,25H,4-10,24H2,1-3H3,(H,28,29). The largest absolute Gasteiger partial charge is 0.477 e. The number of nitrogens with one attached hydrogen (secondary N) is 1. The van der Waals surface area contributed by atoms with E-state index in [0.717, 1.165) is 25.7 Å². The Morgan fingerprint density at radius 3 is 2.67 bits per heavy atom. The number of carboxylic acids is 1. The highest BCUT2D eigenvalue weighted by atomic mass is 19.1. The molecule has 0 amide bonds. The van der Waals surface area contributed by atoms with Gasteiger partial charge in [-0.25, -0.2) is 9.18 Å². The summed E-state index contributed by atoms with van der Waals surface area (Å²) in [5.41, 5.74) is 5.98. The molecule has 30 heavy (non-hydrogen) atoms. The van der Waals surface area contributed by atoms with Crippen molar-refractivity contribution >= 4 is 28.2 Å². The molecule has 0 atom stereocenters. The Morgan fingerprint density at radius 1 is 1.40 bits per heavy atom. The van der Waals surface area contributed by atoms with Crippen LogP contribution in [0, 0.1) is 12.7 Å². The number of hydrogen-bond acceptors (Lipinski definition) is 5. The lowest BCUT2D eigenvalue weighted by molar-refractivity contribution is 0.0694. The van der Waals surface area contributed by atoms with E-state index >= 15 is 4.39 Å². The monoisotopic (exact) mass is 419 g/mol. The van der Waals surface area contributed by atoms with Gasteiger partial charge >= 0.3 is 5.97 Å². The highest BCUT2D eigenvalue weighted by Crippen LogP contribution is 2.38. The van der Waals surface area contributed by atoms with Crippen LogP contribution in [0.15, 0.2) is 11.0 Å². The van der Waals surface area contributed by atoms with Crippen LogP contribution in [-0.2, 0) is 4.74 Å². The average Bonchev–Trinajstić information content (AvgIpc) is 3.22. The first kappa shape index (κ1) is 22.1. The van der Waals surface area contributed by atoms with E-state index in [1.165, 1.54) is 6.20 Å². The lowest BCUT2D eigenvalue weighted by atomic mass is 10.0. The number of rotatable bonds is 8. The van der Waals surface area contributed by atoms with Crippen LogP contribution in [0.5, 0.6) is 0 Å². The van der Waals surface area contributed by atoms with Gasteiger partial charge in [-0.3, -0.25) is 4.79 Å². The molecule has 7 nitrogen and oxygen atoms in total. The molecule has 1 aromatic heterocycles. The second-order valence-electron chi connectivity index (χ2n) is 8.17. The topological polar surface area (TPSA) is 107 Å². The summed E-state index contributed by atoms with van der Waals surface area (Å²) in [5, 5.41) is 12.6. The predicted molar refractivity (Wildman–Crippen MR) is 116 cm³/mol. The van der Waals surface area contributed by atoms with E-state index in [1.807, 2.05) is 13.8 Å². The number of aromatic nitrogens is 1. The Kier molecular flexibility index (Phi) is 6.65. The minimum atomic E-state index is -1.33. The van der Waals surface area contributed by atoms with E-state index in [9.17, 15) is 14.7 Å². The zero-order valence-corrected chi connectivity index (χ0v) is 17.8. The first-order chi connectivity index (χ1) is 14.2. The zero-order chi connectivity index (χ0) is 22.0. The number of ether oxygens (including phenoxy) is 1. The fourth-order valence-corrected chi connectivity index (χ4v) is 4.15. The number of carboxylic acid groups (broad SMARTS) is 1. The minimum absolute atomic E-state index is 0.0505. The maximum Gasteiger partial charge on any atom is 0.341 e. The van der Waals surface area contributed by atoms with E-state index in [2.05, 4.69) is 5.32 Å². The highest BCUT2D eigenvalue weighted by molar-refractivity contribution is 6.00. The average molecular weight is 419 g/mol. The summed E-state index contributed by atoms with van der Waals surface area (Å²) in [6.45, 7) is 6.57. The van der Waals surface area contributed by atoms with E-state index in [0.29, 0.717) is 25.1 Å². The van der Waals surface area contributed by atoms with Crippen LogP contribution >= 0.6 is 0 Å². The first-order valence-electron chi connectivity index (χ1n) is 10.5. The third-order valence-corrected chi connectivity index (χ3v) is 5.73. The van der Waals surface area contributed by atoms with Crippen molar-refractivity contribution in [2.75, 3.05) is 24.2 Å². The number of halogens is 1. The summed E-state index contributed by atoms with van der Waals surface area (Å²) in [6, 6.07) is -0.0601. The molecule has 1 saturated carbocycles. The van der Waals surface area contributed by atoms with Crippen molar-refractivity contribution in [1.29, 1.82) is 0 Å². The van der Waals surface area contributed by atoms with E-state index in [4.69, 9.17) is 10.5 Å². The first-order valence-corrected chi connectivity index (χ1v) is 10.5. The van der Waals surface area contributed by atoms with Crippen molar-refractivity contribution in [1.82, 2.24) is 4.57 Å². The summed E-state index contributed by atoms with van der Waals surface area (Å²) in [5.74, 6) is -1.90. The Hall–Kier alpha value is -2.61. The lowest BCUT2D eigenvalue weighted by Gasteiger charge is -2.23. The number of nitrogens with zero attached hydrogens (tertiary/aromatic N) is 1. The fraction of sp³-hybridized carbons (Fsp3) is 0.545. The van der Waals surface area contributed by atoms with Crippen molar-refractivity contribution in [2.24, 2.45) is 0 Å². The number of anilines is 2. The van der Waals surface area contributed by atoms with Crippen molar-refractivity contribution in [2.45, 2.75) is 65.0 Å². The molecule has 0 saturated heterocycles. The van der Waals surface area contributed by atoms with Crippen molar-refractivity contribution < 1.29 is 19.0 Å². The van der Waals surface area contributed by atoms with Crippen molar-refractivity contribution in [3.8, 4) is 0 Å². The van der Waals surface area contributed by atoms with Crippen LogP contribution in [-0.4, -0.2) is 34.9 Å². The fourth-order valence-electron chi connectivity index (χ4n) is 4.15. The third-order valence-electron chi connectivity index (χ3n) is 5.73. The minimum Gasteiger partial charge on any atom is -0.477 e. The second kappa shape index (κ2) is 9.04. The number of fused-ring (bicyclic) bond motifs is 1. The van der Waals surface area contributed by atoms with Gasteiger partial charge in [0.2, 0.25) is 5.43 Å². The molecule has 8 heteroatoms. The van der Waals surface area contributed by atoms with Crippen LogP contribution < -0.4 is 16.5 Å². The summed E-state index contributed by atoms with van der Waals surface area (Å²) in [4.78, 5) is 24.5. The third kappa shape index (κ3) is 4.14. The molecule has 4 N–H and O–H groups in total. The van der Waals surface area contributed by atoms with Crippen LogP contribution in [0.25, 0.3) is 10.9 Å². The molecule has 0 bridgehead atoms. The Bertz CT molecular complexity index is 1010. The van der Waals surface area contributed by atoms with E-state index in [-0.39, 0.29) is 40.0 Å². The van der Waals surface area contributed by atoms with Crippen LogP contribution in [0.2, 0.25) is 0 Å². The van der Waals surface area contributed by atoms with Gasteiger partial charge in [-0.2, -0.15) is 0 Å². The Labute approximate surface area is 175 Å². The second-order valence-corrected chi connectivity index (χ2v) is 8.17. The molecule has 1 aliphatic rings. The Morgan fingerprint density at radius 2 is 2.07 bits per heavy atom. The molecule has 3 rings (SSSR count). The van der Waals surface area contributed by atoms with Gasteiger partial charge in [0.1, 0.15) is 5.56 Å². The van der Waals surface area contributed by atoms with E-state index in [1.54, 1.807) is 11.5 Å². The number of nitrogens with two attached hydrogens (primary N) is 1. The van der Waals surface area contributed by atoms with Gasteiger partial charge in [0.05, 0.1) is 28.4 Å². The molecule has 1 heterocycles. The molecular formula is C22H30FN3O4. The molecule has 1 aliphatic carbocycles. The zero-order valence-electron chi connectivity index (χ0n) is 17.8. The van der Waals surface area contributed by atoms with Gasteiger partial charge in [0.15, 0.2) is 5.82 Å². The summed E-state index contributed by atoms with van der Waals surface area (Å²) >= 11 is 0. The molecule has 1 fully saturated rings. The number of nitrogen functional groups attached to an aromatic ring is 1. The van der Waals surface area contributed by atoms with Crippen LogP contribution in [0.1, 0.15) is 67.9 Å². The SMILES string of the molecule is Cc1c(NCCCOC(C)C)c(F)c2c(c1N)c(=O)c(C(=O)O)cn2C1CCCC1. The molecule has 1 aromatic carbocycles. The van der Waals surface area contributed by atoms with Gasteiger partial charge in [0, 0.05) is 25.4 Å². The molecule has 164 valence electrons. The number of aromatic carboxylic acids is 1. The summed E-state index contributed by atoms with van der Waals surface area (Å²) < 4.78 is 22.8. The molecule has 0 aliphatic heterocycles. The number of carbonyl (C=O) groups is 1. The van der Waals surface area contributed by atoms with Gasteiger partial charge in [0.25, 0.3) is 0 Å². The van der Waals surface area contributed by atoms with Crippen molar-refractivity contribution in [3.05, 3.63) is 33.4 Å². The lowest BCUT2D eigenvalue weighted by Crippen LogP contribution is -2.23. The molecule has 0 radical (unpaired) electrons. The normalized spacial score (nSPS) is 14.7. The number of hydrogen-bond donors (Lipinski definition) is 3. The van der Waals surface area contributed by atoms with E-state index < -0.39 is 17.2 Å². The van der Waals surface area contributed by atoms with Gasteiger partial charge in [-0.1, -0.05) is 12.8 Å². The molecule has 2 aromatic rings. The molecule has 0 spiro atoms. The summed E-state index contributed by atoms with van der Waals surface area (Å²) in [7, 11) is 0. The van der Waals surface area contributed by atoms with Crippen LogP contribution in [0.3, 0.4) is 0 Å². The number of benzene rings is 1. The molecular weight excluding hydrogens is 389 g/mol. The summed E-state index contributed by atoms with van der Waals surface area (Å²) in [6.07, 6.45) is 5.65. The Balaban J connectivity index is 2.12.